The van der Waals surface area contributed by atoms with Crippen LogP contribution in [0.5, 0.6) is 5.75 Å². The number of aromatic nitrogens is 2. The van der Waals surface area contributed by atoms with Crippen molar-refractivity contribution in [2.45, 2.75) is 32.7 Å². The number of rotatable bonds is 4. The van der Waals surface area contributed by atoms with Crippen molar-refractivity contribution in [1.82, 2.24) is 9.78 Å². The SMILES string of the molecule is COc1ccc(C2CCNc3cc(CC(C)C)nn32)cc1. The van der Waals surface area contributed by atoms with Crippen LogP contribution in [-0.4, -0.2) is 23.4 Å². The largest absolute Gasteiger partial charge is 0.497 e. The highest BCUT2D eigenvalue weighted by Crippen LogP contribution is 2.31. The monoisotopic (exact) mass is 285 g/mol. The summed E-state index contributed by atoms with van der Waals surface area (Å²) < 4.78 is 7.38. The Kier molecular flexibility index (Phi) is 3.86. The first kappa shape index (κ1) is 14.0. The molecule has 3 rings (SSSR count). The minimum atomic E-state index is 0.313. The molecule has 0 saturated carbocycles. The highest BCUT2D eigenvalue weighted by atomic mass is 16.5. The van der Waals surface area contributed by atoms with E-state index in [0.29, 0.717) is 12.0 Å². The van der Waals surface area contributed by atoms with Crippen LogP contribution in [0.3, 0.4) is 0 Å². The Bertz CT molecular complexity index is 601. The normalized spacial score (nSPS) is 17.4. The molecule has 0 spiro atoms. The van der Waals surface area contributed by atoms with E-state index in [1.807, 2.05) is 12.1 Å². The summed E-state index contributed by atoms with van der Waals surface area (Å²) in [7, 11) is 1.70. The Morgan fingerprint density at radius 1 is 1.33 bits per heavy atom. The lowest BCUT2D eigenvalue weighted by molar-refractivity contribution is 0.413. The predicted octanol–water partition coefficient (Wildman–Crippen LogP) is 3.50. The van der Waals surface area contributed by atoms with Crippen molar-refractivity contribution >= 4 is 5.82 Å². The molecule has 4 nitrogen and oxygen atoms in total. The van der Waals surface area contributed by atoms with Crippen LogP contribution in [-0.2, 0) is 6.42 Å². The van der Waals surface area contributed by atoms with Gasteiger partial charge in [0.25, 0.3) is 0 Å². The highest BCUT2D eigenvalue weighted by molar-refractivity contribution is 5.42. The van der Waals surface area contributed by atoms with Crippen molar-refractivity contribution < 1.29 is 4.74 Å². The summed E-state index contributed by atoms with van der Waals surface area (Å²) in [5.41, 5.74) is 2.46. The molecule has 0 radical (unpaired) electrons. The smallest absolute Gasteiger partial charge is 0.125 e. The fourth-order valence-corrected chi connectivity index (χ4v) is 2.93. The third-order valence-electron chi connectivity index (χ3n) is 3.92. The van der Waals surface area contributed by atoms with E-state index in [2.05, 4.69) is 42.0 Å². The van der Waals surface area contributed by atoms with E-state index in [4.69, 9.17) is 9.84 Å². The molecule has 1 unspecified atom stereocenters. The molecule has 0 bridgehead atoms. The van der Waals surface area contributed by atoms with Crippen LogP contribution in [0.2, 0.25) is 0 Å². The van der Waals surface area contributed by atoms with Crippen molar-refractivity contribution in [3.63, 3.8) is 0 Å². The van der Waals surface area contributed by atoms with Gasteiger partial charge in [-0.05, 0) is 36.5 Å². The van der Waals surface area contributed by atoms with Gasteiger partial charge in [-0.2, -0.15) is 5.10 Å². The average molecular weight is 285 g/mol. The number of ether oxygens (including phenoxy) is 1. The summed E-state index contributed by atoms with van der Waals surface area (Å²) >= 11 is 0. The first-order chi connectivity index (χ1) is 10.2. The van der Waals surface area contributed by atoms with Crippen molar-refractivity contribution in [3.05, 3.63) is 41.6 Å². The van der Waals surface area contributed by atoms with E-state index in [0.717, 1.165) is 31.0 Å². The number of hydrogen-bond donors (Lipinski definition) is 1. The number of hydrogen-bond acceptors (Lipinski definition) is 3. The molecule has 1 N–H and O–H groups in total. The van der Waals surface area contributed by atoms with Gasteiger partial charge in [0.15, 0.2) is 0 Å². The fraction of sp³-hybridized carbons (Fsp3) is 0.471. The van der Waals surface area contributed by atoms with E-state index in [1.54, 1.807) is 7.11 Å². The van der Waals surface area contributed by atoms with Crippen LogP contribution in [0.4, 0.5) is 5.82 Å². The second-order valence-electron chi connectivity index (χ2n) is 6.07. The molecule has 1 aliphatic rings. The summed E-state index contributed by atoms with van der Waals surface area (Å²) in [5.74, 6) is 2.66. The molecule has 1 aliphatic heterocycles. The van der Waals surface area contributed by atoms with Crippen LogP contribution >= 0.6 is 0 Å². The minimum absolute atomic E-state index is 0.313. The second-order valence-corrected chi connectivity index (χ2v) is 6.07. The lowest BCUT2D eigenvalue weighted by atomic mass is 10.0. The van der Waals surface area contributed by atoms with Crippen molar-refractivity contribution in [2.75, 3.05) is 19.0 Å². The summed E-state index contributed by atoms with van der Waals surface area (Å²) in [5, 5.41) is 8.27. The Balaban J connectivity index is 1.89. The van der Waals surface area contributed by atoms with E-state index >= 15 is 0 Å². The lowest BCUT2D eigenvalue weighted by Gasteiger charge is -2.26. The van der Waals surface area contributed by atoms with Crippen LogP contribution in [0.25, 0.3) is 0 Å². The van der Waals surface area contributed by atoms with Crippen LogP contribution < -0.4 is 10.1 Å². The van der Waals surface area contributed by atoms with Gasteiger partial charge in [0.05, 0.1) is 18.8 Å². The molecule has 112 valence electrons. The zero-order chi connectivity index (χ0) is 14.8. The van der Waals surface area contributed by atoms with Gasteiger partial charge in [-0.25, -0.2) is 4.68 Å². The van der Waals surface area contributed by atoms with Crippen molar-refractivity contribution in [3.8, 4) is 5.75 Å². The summed E-state index contributed by atoms with van der Waals surface area (Å²) in [6.07, 6.45) is 2.08. The molecular weight excluding hydrogens is 262 g/mol. The van der Waals surface area contributed by atoms with E-state index < -0.39 is 0 Å². The summed E-state index contributed by atoms with van der Waals surface area (Å²) in [6, 6.07) is 10.8. The van der Waals surface area contributed by atoms with Gasteiger partial charge in [0.1, 0.15) is 11.6 Å². The van der Waals surface area contributed by atoms with Crippen molar-refractivity contribution in [2.24, 2.45) is 5.92 Å². The number of nitrogens with zero attached hydrogens (tertiary/aromatic N) is 2. The first-order valence-electron chi connectivity index (χ1n) is 7.63. The molecule has 0 amide bonds. The number of anilines is 1. The van der Waals surface area contributed by atoms with Crippen molar-refractivity contribution in [1.29, 1.82) is 0 Å². The number of benzene rings is 1. The number of nitrogens with one attached hydrogen (secondary N) is 1. The van der Waals surface area contributed by atoms with Gasteiger partial charge >= 0.3 is 0 Å². The van der Waals surface area contributed by atoms with Gasteiger partial charge in [-0.15, -0.1) is 0 Å². The van der Waals surface area contributed by atoms with Gasteiger partial charge in [0.2, 0.25) is 0 Å². The van der Waals surface area contributed by atoms with Crippen LogP contribution in [0, 0.1) is 5.92 Å². The third kappa shape index (κ3) is 2.89. The predicted molar refractivity (Wildman–Crippen MR) is 85.0 cm³/mol. The molecule has 0 saturated heterocycles. The van der Waals surface area contributed by atoms with Gasteiger partial charge in [-0.1, -0.05) is 26.0 Å². The van der Waals surface area contributed by atoms with Crippen LogP contribution in [0.1, 0.15) is 37.6 Å². The molecule has 1 atom stereocenters. The Labute approximate surface area is 126 Å². The molecule has 2 aromatic rings. The standard InChI is InChI=1S/C17H23N3O/c1-12(2)10-14-11-17-18-9-8-16(20(17)19-14)13-4-6-15(21-3)7-5-13/h4-7,11-12,16,18H,8-10H2,1-3H3. The summed E-state index contributed by atoms with van der Waals surface area (Å²) in [4.78, 5) is 0. The number of fused-ring (bicyclic) bond motifs is 1. The first-order valence-corrected chi connectivity index (χ1v) is 7.63. The van der Waals surface area contributed by atoms with E-state index in [1.165, 1.54) is 11.3 Å². The maximum absolute atomic E-state index is 5.24. The quantitative estimate of drug-likeness (QED) is 0.934. The van der Waals surface area contributed by atoms with Crippen LogP contribution in [0.15, 0.2) is 30.3 Å². The molecule has 0 fully saturated rings. The number of methoxy groups -OCH3 is 1. The topological polar surface area (TPSA) is 39.1 Å². The Morgan fingerprint density at radius 3 is 2.76 bits per heavy atom. The minimum Gasteiger partial charge on any atom is -0.497 e. The Morgan fingerprint density at radius 2 is 2.10 bits per heavy atom. The average Bonchev–Trinajstić information content (AvgIpc) is 2.88. The maximum atomic E-state index is 5.24. The molecule has 1 aromatic carbocycles. The van der Waals surface area contributed by atoms with Gasteiger partial charge in [-0.3, -0.25) is 0 Å². The zero-order valence-electron chi connectivity index (χ0n) is 13.0. The maximum Gasteiger partial charge on any atom is 0.125 e. The molecule has 4 heteroatoms. The second kappa shape index (κ2) is 5.80. The van der Waals surface area contributed by atoms with E-state index in [9.17, 15) is 0 Å². The lowest BCUT2D eigenvalue weighted by Crippen LogP contribution is -2.24. The summed E-state index contributed by atoms with van der Waals surface area (Å²) in [6.45, 7) is 5.45. The van der Waals surface area contributed by atoms with Gasteiger partial charge in [0, 0.05) is 12.6 Å². The van der Waals surface area contributed by atoms with E-state index in [-0.39, 0.29) is 0 Å². The Hall–Kier alpha value is -1.97. The van der Waals surface area contributed by atoms with Gasteiger partial charge < -0.3 is 10.1 Å². The zero-order valence-corrected chi connectivity index (χ0v) is 13.0. The fourth-order valence-electron chi connectivity index (χ4n) is 2.93. The molecular formula is C17H23N3O. The highest BCUT2D eigenvalue weighted by Gasteiger charge is 2.23. The molecule has 0 aliphatic carbocycles. The molecule has 1 aromatic heterocycles. The third-order valence-corrected chi connectivity index (χ3v) is 3.92. The molecule has 21 heavy (non-hydrogen) atoms. The molecule has 2 heterocycles.